The molecule has 2 N–H and O–H groups in total. The summed E-state index contributed by atoms with van der Waals surface area (Å²) in [4.78, 5) is 4.42. The standard InChI is InChI=1S/C13H21N7S/c1-3-10-15-11(17-16-10)8-21-13-19-18-12(20(13)2)9-5-4-6-14-7-9/h9,14H,3-8H2,1-2H3,(H,15,16,17)/t9-/m1/s1. The van der Waals surface area contributed by atoms with E-state index in [1.807, 2.05) is 14.0 Å². The Balaban J connectivity index is 1.64. The minimum Gasteiger partial charge on any atom is -0.316 e. The second kappa shape index (κ2) is 6.57. The summed E-state index contributed by atoms with van der Waals surface area (Å²) in [7, 11) is 2.05. The predicted octanol–water partition coefficient (Wildman–Crippen LogP) is 1.25. The van der Waals surface area contributed by atoms with Gasteiger partial charge in [-0.1, -0.05) is 18.7 Å². The SMILES string of the molecule is CCc1n[nH]c(CSc2nnc([C@@H]3CCCNC3)n2C)n1. The number of nitrogens with one attached hydrogen (secondary N) is 2. The first-order valence-electron chi connectivity index (χ1n) is 7.41. The zero-order valence-corrected chi connectivity index (χ0v) is 13.3. The molecular weight excluding hydrogens is 286 g/mol. The normalized spacial score (nSPS) is 19.0. The maximum atomic E-state index is 4.42. The van der Waals surface area contributed by atoms with E-state index < -0.39 is 0 Å². The molecule has 7 nitrogen and oxygen atoms in total. The van der Waals surface area contributed by atoms with Crippen molar-refractivity contribution in [2.24, 2.45) is 7.05 Å². The Hall–Kier alpha value is -1.41. The number of aromatic amines is 1. The van der Waals surface area contributed by atoms with Crippen molar-refractivity contribution in [1.82, 2.24) is 35.3 Å². The predicted molar refractivity (Wildman–Crippen MR) is 81.2 cm³/mol. The van der Waals surface area contributed by atoms with Crippen LogP contribution in [0.4, 0.5) is 0 Å². The van der Waals surface area contributed by atoms with E-state index >= 15 is 0 Å². The summed E-state index contributed by atoms with van der Waals surface area (Å²) in [5.74, 6) is 4.04. The molecule has 1 saturated heterocycles. The van der Waals surface area contributed by atoms with E-state index in [4.69, 9.17) is 0 Å². The largest absolute Gasteiger partial charge is 0.316 e. The van der Waals surface area contributed by atoms with Crippen molar-refractivity contribution in [3.63, 3.8) is 0 Å². The zero-order valence-electron chi connectivity index (χ0n) is 12.5. The third kappa shape index (κ3) is 3.26. The smallest absolute Gasteiger partial charge is 0.191 e. The molecule has 0 radical (unpaired) electrons. The Morgan fingerprint density at radius 1 is 1.38 bits per heavy atom. The van der Waals surface area contributed by atoms with Crippen LogP contribution in [0.3, 0.4) is 0 Å². The first-order valence-corrected chi connectivity index (χ1v) is 8.39. The summed E-state index contributed by atoms with van der Waals surface area (Å²) < 4.78 is 2.11. The molecule has 0 spiro atoms. The van der Waals surface area contributed by atoms with Gasteiger partial charge in [-0.05, 0) is 19.4 Å². The molecule has 3 heterocycles. The van der Waals surface area contributed by atoms with E-state index in [9.17, 15) is 0 Å². The van der Waals surface area contributed by atoms with E-state index in [0.717, 1.165) is 47.9 Å². The van der Waals surface area contributed by atoms with Crippen molar-refractivity contribution >= 4 is 11.8 Å². The fraction of sp³-hybridized carbons (Fsp3) is 0.692. The number of aryl methyl sites for hydroxylation is 1. The highest BCUT2D eigenvalue weighted by molar-refractivity contribution is 7.98. The Kier molecular flexibility index (Phi) is 4.54. The highest BCUT2D eigenvalue weighted by atomic mass is 32.2. The molecule has 2 aromatic rings. The number of nitrogens with zero attached hydrogens (tertiary/aromatic N) is 5. The van der Waals surface area contributed by atoms with Gasteiger partial charge >= 0.3 is 0 Å². The van der Waals surface area contributed by atoms with Crippen molar-refractivity contribution in [2.75, 3.05) is 13.1 Å². The van der Waals surface area contributed by atoms with E-state index in [-0.39, 0.29) is 0 Å². The average molecular weight is 307 g/mol. The zero-order chi connectivity index (χ0) is 14.7. The monoisotopic (exact) mass is 307 g/mol. The van der Waals surface area contributed by atoms with Crippen LogP contribution in [0.15, 0.2) is 5.16 Å². The van der Waals surface area contributed by atoms with Gasteiger partial charge in [0.1, 0.15) is 17.5 Å². The second-order valence-electron chi connectivity index (χ2n) is 5.28. The summed E-state index contributed by atoms with van der Waals surface area (Å²) in [6, 6.07) is 0. The summed E-state index contributed by atoms with van der Waals surface area (Å²) in [5.41, 5.74) is 0. The lowest BCUT2D eigenvalue weighted by Gasteiger charge is -2.21. The number of hydrogen-bond acceptors (Lipinski definition) is 6. The maximum Gasteiger partial charge on any atom is 0.191 e. The van der Waals surface area contributed by atoms with Crippen molar-refractivity contribution in [3.8, 4) is 0 Å². The van der Waals surface area contributed by atoms with Crippen LogP contribution in [0.1, 0.15) is 43.2 Å². The summed E-state index contributed by atoms with van der Waals surface area (Å²) in [5, 5.41) is 20.2. The van der Waals surface area contributed by atoms with Crippen LogP contribution in [0.25, 0.3) is 0 Å². The van der Waals surface area contributed by atoms with E-state index in [1.165, 1.54) is 12.8 Å². The maximum absolute atomic E-state index is 4.42. The van der Waals surface area contributed by atoms with Crippen molar-refractivity contribution in [3.05, 3.63) is 17.5 Å². The Bertz CT molecular complexity index is 585. The molecule has 0 bridgehead atoms. The lowest BCUT2D eigenvalue weighted by atomic mass is 9.99. The van der Waals surface area contributed by atoms with Crippen LogP contribution in [0.5, 0.6) is 0 Å². The van der Waals surface area contributed by atoms with Crippen molar-refractivity contribution in [2.45, 2.75) is 43.0 Å². The molecule has 0 aliphatic carbocycles. The van der Waals surface area contributed by atoms with Gasteiger partial charge in [0, 0.05) is 25.9 Å². The Morgan fingerprint density at radius 3 is 3.00 bits per heavy atom. The molecule has 0 amide bonds. The van der Waals surface area contributed by atoms with Gasteiger partial charge in [-0.15, -0.1) is 10.2 Å². The summed E-state index contributed by atoms with van der Waals surface area (Å²) >= 11 is 1.64. The van der Waals surface area contributed by atoms with Gasteiger partial charge in [0.2, 0.25) is 0 Å². The van der Waals surface area contributed by atoms with Crippen LogP contribution in [0, 0.1) is 0 Å². The number of rotatable bonds is 5. The molecule has 0 aromatic carbocycles. The number of piperidine rings is 1. The van der Waals surface area contributed by atoms with Gasteiger partial charge in [-0.2, -0.15) is 5.10 Å². The van der Waals surface area contributed by atoms with E-state index in [2.05, 4.69) is 35.3 Å². The number of thioether (sulfide) groups is 1. The Morgan fingerprint density at radius 2 is 2.29 bits per heavy atom. The third-order valence-corrected chi connectivity index (χ3v) is 4.79. The van der Waals surface area contributed by atoms with Crippen molar-refractivity contribution in [1.29, 1.82) is 0 Å². The average Bonchev–Trinajstić information content (AvgIpc) is 3.13. The summed E-state index contributed by atoms with van der Waals surface area (Å²) in [6.07, 6.45) is 3.24. The van der Waals surface area contributed by atoms with Gasteiger partial charge < -0.3 is 9.88 Å². The molecular formula is C13H21N7S. The van der Waals surface area contributed by atoms with Crippen molar-refractivity contribution < 1.29 is 0 Å². The first-order chi connectivity index (χ1) is 10.3. The van der Waals surface area contributed by atoms with E-state index in [0.29, 0.717) is 5.92 Å². The third-order valence-electron chi connectivity index (χ3n) is 3.76. The minimum absolute atomic E-state index is 0.475. The van der Waals surface area contributed by atoms with Crippen LogP contribution >= 0.6 is 11.8 Å². The molecule has 114 valence electrons. The number of aromatic nitrogens is 6. The molecule has 1 fully saturated rings. The molecule has 1 aliphatic rings. The molecule has 8 heteroatoms. The molecule has 1 aliphatic heterocycles. The molecule has 3 rings (SSSR count). The van der Waals surface area contributed by atoms with Crippen LogP contribution in [0.2, 0.25) is 0 Å². The lowest BCUT2D eigenvalue weighted by molar-refractivity contribution is 0.436. The van der Waals surface area contributed by atoms with Crippen LogP contribution in [-0.2, 0) is 19.2 Å². The molecule has 2 aromatic heterocycles. The highest BCUT2D eigenvalue weighted by Gasteiger charge is 2.21. The first kappa shape index (κ1) is 14.5. The Labute approximate surface area is 128 Å². The molecule has 1 atom stereocenters. The van der Waals surface area contributed by atoms with Crippen LogP contribution < -0.4 is 5.32 Å². The van der Waals surface area contributed by atoms with Gasteiger partial charge in [-0.25, -0.2) is 4.98 Å². The molecule has 21 heavy (non-hydrogen) atoms. The van der Waals surface area contributed by atoms with Gasteiger partial charge in [0.05, 0.1) is 5.75 Å². The van der Waals surface area contributed by atoms with E-state index in [1.54, 1.807) is 11.8 Å². The minimum atomic E-state index is 0.475. The summed E-state index contributed by atoms with van der Waals surface area (Å²) in [6.45, 7) is 4.16. The second-order valence-corrected chi connectivity index (χ2v) is 6.23. The van der Waals surface area contributed by atoms with Crippen LogP contribution in [-0.4, -0.2) is 43.0 Å². The van der Waals surface area contributed by atoms with Gasteiger partial charge in [0.25, 0.3) is 0 Å². The number of H-pyrrole nitrogens is 1. The highest BCUT2D eigenvalue weighted by Crippen LogP contribution is 2.25. The number of hydrogen-bond donors (Lipinski definition) is 2. The van der Waals surface area contributed by atoms with Gasteiger partial charge in [-0.3, -0.25) is 5.10 Å². The topological polar surface area (TPSA) is 84.3 Å². The molecule has 0 saturated carbocycles. The molecule has 0 unspecified atom stereocenters. The lowest BCUT2D eigenvalue weighted by Crippen LogP contribution is -2.29. The fourth-order valence-corrected chi connectivity index (χ4v) is 3.35. The fourth-order valence-electron chi connectivity index (χ4n) is 2.57. The quantitative estimate of drug-likeness (QED) is 0.809. The van der Waals surface area contributed by atoms with Gasteiger partial charge in [0.15, 0.2) is 5.16 Å².